The zero-order chi connectivity index (χ0) is 11.5. The largest absolute Gasteiger partial charge is 0.479 e. The summed E-state index contributed by atoms with van der Waals surface area (Å²) < 4.78 is 0. The Kier molecular flexibility index (Phi) is 3.43. The first-order chi connectivity index (χ1) is 6.93. The van der Waals surface area contributed by atoms with Gasteiger partial charge in [0.2, 0.25) is 0 Å². The smallest absolute Gasteiger partial charge is 0.337 e. The van der Waals surface area contributed by atoms with E-state index < -0.39 is 11.6 Å². The van der Waals surface area contributed by atoms with Crippen LogP contribution < -0.4 is 5.32 Å². The van der Waals surface area contributed by atoms with Gasteiger partial charge < -0.3 is 15.5 Å². The van der Waals surface area contributed by atoms with E-state index in [-0.39, 0.29) is 12.5 Å². The molecule has 0 aliphatic heterocycles. The van der Waals surface area contributed by atoms with Gasteiger partial charge >= 0.3 is 5.97 Å². The Morgan fingerprint density at radius 1 is 1.60 bits per heavy atom. The lowest BCUT2D eigenvalue weighted by molar-refractivity contribution is -0.155. The third kappa shape index (κ3) is 3.03. The Balaban J connectivity index is 2.51. The molecule has 1 aromatic rings. The van der Waals surface area contributed by atoms with Crippen molar-refractivity contribution in [3.05, 3.63) is 22.4 Å². The van der Waals surface area contributed by atoms with E-state index in [0.29, 0.717) is 4.88 Å². The monoisotopic (exact) mass is 229 g/mol. The number of hydrogen-bond donors (Lipinski definition) is 3. The number of aliphatic carboxylic acids is 1. The number of nitrogens with one attached hydrogen (secondary N) is 1. The predicted molar refractivity (Wildman–Crippen MR) is 54.9 cm³/mol. The summed E-state index contributed by atoms with van der Waals surface area (Å²) in [5.74, 6) is -1.75. The van der Waals surface area contributed by atoms with Crippen LogP contribution in [0.5, 0.6) is 0 Å². The van der Waals surface area contributed by atoms with Crippen molar-refractivity contribution in [1.82, 2.24) is 5.32 Å². The number of aliphatic hydroxyl groups is 1. The van der Waals surface area contributed by atoms with Crippen LogP contribution >= 0.6 is 11.3 Å². The summed E-state index contributed by atoms with van der Waals surface area (Å²) in [4.78, 5) is 22.4. The maximum absolute atomic E-state index is 11.4. The second-order valence-electron chi connectivity index (χ2n) is 3.24. The third-order valence-corrected chi connectivity index (χ3v) is 2.67. The van der Waals surface area contributed by atoms with E-state index in [2.05, 4.69) is 5.32 Å². The lowest BCUT2D eigenvalue weighted by atomic mass is 10.1. The minimum atomic E-state index is -1.94. The van der Waals surface area contributed by atoms with E-state index in [1.165, 1.54) is 11.3 Å². The molecule has 0 aliphatic carbocycles. The summed E-state index contributed by atoms with van der Waals surface area (Å²) in [5, 5.41) is 22.0. The quantitative estimate of drug-likeness (QED) is 0.693. The molecule has 0 spiro atoms. The van der Waals surface area contributed by atoms with Crippen LogP contribution in [0.1, 0.15) is 16.6 Å². The number of carboxylic acids is 1. The van der Waals surface area contributed by atoms with E-state index in [9.17, 15) is 14.7 Å². The molecule has 0 saturated heterocycles. The molecular formula is C9H11NO4S. The van der Waals surface area contributed by atoms with Crippen LogP contribution in [0.4, 0.5) is 0 Å². The van der Waals surface area contributed by atoms with Crippen LogP contribution in [0, 0.1) is 0 Å². The zero-order valence-corrected chi connectivity index (χ0v) is 8.87. The summed E-state index contributed by atoms with van der Waals surface area (Å²) in [7, 11) is 0. The Bertz CT molecular complexity index is 358. The zero-order valence-electron chi connectivity index (χ0n) is 8.06. The number of hydrogen-bond acceptors (Lipinski definition) is 4. The molecule has 5 nitrogen and oxygen atoms in total. The van der Waals surface area contributed by atoms with Gasteiger partial charge in [-0.2, -0.15) is 0 Å². The highest BCUT2D eigenvalue weighted by molar-refractivity contribution is 7.12. The van der Waals surface area contributed by atoms with Crippen LogP contribution in [0.25, 0.3) is 0 Å². The molecule has 82 valence electrons. The van der Waals surface area contributed by atoms with E-state index >= 15 is 0 Å². The number of carbonyl (C=O) groups excluding carboxylic acids is 1. The highest BCUT2D eigenvalue weighted by Crippen LogP contribution is 2.08. The molecule has 1 rings (SSSR count). The molecule has 1 atom stereocenters. The first kappa shape index (κ1) is 11.7. The lowest BCUT2D eigenvalue weighted by Crippen LogP contribution is -2.46. The molecule has 6 heteroatoms. The van der Waals surface area contributed by atoms with Gasteiger partial charge in [0.05, 0.1) is 11.4 Å². The van der Waals surface area contributed by atoms with Crippen LogP contribution in [0.3, 0.4) is 0 Å². The molecule has 0 saturated carbocycles. The Morgan fingerprint density at radius 2 is 2.27 bits per heavy atom. The molecule has 1 heterocycles. The normalized spacial score (nSPS) is 14.3. The average Bonchev–Trinajstić information content (AvgIpc) is 2.66. The maximum atomic E-state index is 11.4. The minimum Gasteiger partial charge on any atom is -0.479 e. The second kappa shape index (κ2) is 4.41. The van der Waals surface area contributed by atoms with E-state index in [4.69, 9.17) is 5.11 Å². The minimum absolute atomic E-state index is 0.320. The summed E-state index contributed by atoms with van der Waals surface area (Å²) in [6.07, 6.45) is 0. The van der Waals surface area contributed by atoms with Crippen LogP contribution in [0.2, 0.25) is 0 Å². The first-order valence-corrected chi connectivity index (χ1v) is 5.09. The summed E-state index contributed by atoms with van der Waals surface area (Å²) in [6, 6.07) is 3.34. The molecule has 15 heavy (non-hydrogen) atoms. The molecule has 1 amide bonds. The van der Waals surface area contributed by atoms with Crippen molar-refractivity contribution in [3.8, 4) is 0 Å². The molecule has 0 radical (unpaired) electrons. The van der Waals surface area contributed by atoms with Gasteiger partial charge in [0.1, 0.15) is 0 Å². The van der Waals surface area contributed by atoms with Crippen molar-refractivity contribution >= 4 is 23.2 Å². The van der Waals surface area contributed by atoms with Gasteiger partial charge in [0.15, 0.2) is 5.60 Å². The van der Waals surface area contributed by atoms with Gasteiger partial charge in [0.25, 0.3) is 5.91 Å². The van der Waals surface area contributed by atoms with Crippen molar-refractivity contribution in [2.24, 2.45) is 0 Å². The summed E-state index contributed by atoms with van der Waals surface area (Å²) >= 11 is 1.25. The first-order valence-electron chi connectivity index (χ1n) is 4.21. The van der Waals surface area contributed by atoms with E-state index in [0.717, 1.165) is 6.92 Å². The fourth-order valence-electron chi connectivity index (χ4n) is 0.823. The van der Waals surface area contributed by atoms with Gasteiger partial charge in [0, 0.05) is 0 Å². The highest BCUT2D eigenvalue weighted by Gasteiger charge is 2.30. The maximum Gasteiger partial charge on any atom is 0.337 e. The van der Waals surface area contributed by atoms with Crippen LogP contribution in [-0.4, -0.2) is 34.2 Å². The summed E-state index contributed by atoms with van der Waals surface area (Å²) in [5.41, 5.74) is -1.94. The molecule has 3 N–H and O–H groups in total. The average molecular weight is 229 g/mol. The topological polar surface area (TPSA) is 86.6 Å². The molecule has 0 aromatic carbocycles. The van der Waals surface area contributed by atoms with Crippen LogP contribution in [-0.2, 0) is 4.79 Å². The summed E-state index contributed by atoms with van der Waals surface area (Å²) in [6.45, 7) is 0.809. The SMILES string of the molecule is CC(O)(CNC(=O)c1cccs1)C(=O)O. The van der Waals surface area contributed by atoms with Crippen molar-refractivity contribution in [3.63, 3.8) is 0 Å². The van der Waals surface area contributed by atoms with Crippen molar-refractivity contribution in [2.45, 2.75) is 12.5 Å². The molecule has 0 aliphatic rings. The Labute approximate surface area is 90.4 Å². The number of rotatable bonds is 4. The molecule has 0 bridgehead atoms. The fourth-order valence-corrected chi connectivity index (χ4v) is 1.46. The van der Waals surface area contributed by atoms with Gasteiger partial charge in [-0.25, -0.2) is 4.79 Å². The van der Waals surface area contributed by atoms with Gasteiger partial charge in [-0.1, -0.05) is 6.07 Å². The molecule has 0 fully saturated rings. The molecule has 1 unspecified atom stereocenters. The Morgan fingerprint density at radius 3 is 2.73 bits per heavy atom. The van der Waals surface area contributed by atoms with Gasteiger partial charge in [-0.05, 0) is 18.4 Å². The number of carbonyl (C=O) groups is 2. The predicted octanol–water partition coefficient (Wildman–Crippen LogP) is 0.314. The van der Waals surface area contributed by atoms with Crippen molar-refractivity contribution in [1.29, 1.82) is 0 Å². The second-order valence-corrected chi connectivity index (χ2v) is 4.19. The lowest BCUT2D eigenvalue weighted by Gasteiger charge is -2.17. The molecule has 1 aromatic heterocycles. The molecular weight excluding hydrogens is 218 g/mol. The van der Waals surface area contributed by atoms with Gasteiger partial charge in [-0.15, -0.1) is 11.3 Å². The highest BCUT2D eigenvalue weighted by atomic mass is 32.1. The number of thiophene rings is 1. The van der Waals surface area contributed by atoms with E-state index in [1.807, 2.05) is 0 Å². The third-order valence-electron chi connectivity index (χ3n) is 1.80. The van der Waals surface area contributed by atoms with Crippen molar-refractivity contribution in [2.75, 3.05) is 6.54 Å². The number of carboxylic acid groups (broad SMARTS) is 1. The van der Waals surface area contributed by atoms with Crippen molar-refractivity contribution < 1.29 is 19.8 Å². The van der Waals surface area contributed by atoms with Gasteiger partial charge in [-0.3, -0.25) is 4.79 Å². The standard InChI is InChI=1S/C9H11NO4S/c1-9(14,8(12)13)5-10-7(11)6-3-2-4-15-6/h2-4,14H,5H2,1H3,(H,10,11)(H,12,13). The van der Waals surface area contributed by atoms with E-state index in [1.54, 1.807) is 17.5 Å². The van der Waals surface area contributed by atoms with Crippen LogP contribution in [0.15, 0.2) is 17.5 Å². The Hall–Kier alpha value is -1.40. The number of amides is 1. The fraction of sp³-hybridized carbons (Fsp3) is 0.333.